The Morgan fingerprint density at radius 2 is 1.88 bits per heavy atom. The molecule has 0 bridgehead atoms. The number of carbonyl (C=O) groups is 1. The van der Waals surface area contributed by atoms with E-state index in [4.69, 9.17) is 0 Å². The minimum absolute atomic E-state index is 0. The largest absolute Gasteiger partial charge is 0.336 e. The van der Waals surface area contributed by atoms with E-state index in [0.29, 0.717) is 31.7 Å². The van der Waals surface area contributed by atoms with Crippen molar-refractivity contribution in [2.45, 2.75) is 37.1 Å². The quantitative estimate of drug-likeness (QED) is 0.857. The van der Waals surface area contributed by atoms with Gasteiger partial charge in [0.25, 0.3) is 5.91 Å². The van der Waals surface area contributed by atoms with Crippen LogP contribution in [0.5, 0.6) is 0 Å². The first-order valence-corrected chi connectivity index (χ1v) is 10.1. The highest BCUT2D eigenvalue weighted by molar-refractivity contribution is 7.89. The summed E-state index contributed by atoms with van der Waals surface area (Å²) in [5, 5.41) is 3.30. The number of halogens is 1. The zero-order valence-corrected chi connectivity index (χ0v) is 16.1. The molecule has 0 aliphatic carbocycles. The molecular weight excluding hydrogens is 362 g/mol. The summed E-state index contributed by atoms with van der Waals surface area (Å²) in [6.07, 6.45) is 2.87. The number of piperazine rings is 1. The standard InChI is InChI=1S/C17H25N3O3S.ClH/c1-14-13-19(11-8-18-14)17(21)15-6-5-7-16(12-15)24(22,23)20-9-3-2-4-10-20;/h5-7,12,14,18H,2-4,8-11,13H2,1H3;1H. The number of carbonyl (C=O) groups excluding carboxylic acids is 1. The van der Waals surface area contributed by atoms with Crippen molar-refractivity contribution in [2.24, 2.45) is 0 Å². The number of hydrogen-bond acceptors (Lipinski definition) is 4. The Labute approximate surface area is 156 Å². The smallest absolute Gasteiger partial charge is 0.253 e. The van der Waals surface area contributed by atoms with E-state index in [1.54, 1.807) is 23.1 Å². The van der Waals surface area contributed by atoms with E-state index >= 15 is 0 Å². The molecule has 2 heterocycles. The zero-order chi connectivity index (χ0) is 17.2. The van der Waals surface area contributed by atoms with Crippen LogP contribution < -0.4 is 5.32 Å². The number of rotatable bonds is 3. The van der Waals surface area contributed by atoms with Crippen molar-refractivity contribution in [3.8, 4) is 0 Å². The van der Waals surface area contributed by atoms with E-state index in [2.05, 4.69) is 5.32 Å². The number of amides is 1. The molecule has 0 saturated carbocycles. The number of piperidine rings is 1. The molecule has 1 aromatic rings. The number of nitrogens with zero attached hydrogens (tertiary/aromatic N) is 2. The fourth-order valence-electron chi connectivity index (χ4n) is 3.34. The molecule has 6 nitrogen and oxygen atoms in total. The van der Waals surface area contributed by atoms with E-state index in [1.807, 2.05) is 6.92 Å². The summed E-state index contributed by atoms with van der Waals surface area (Å²) < 4.78 is 27.1. The molecule has 1 amide bonds. The van der Waals surface area contributed by atoms with E-state index in [9.17, 15) is 13.2 Å². The lowest BCUT2D eigenvalue weighted by Crippen LogP contribution is -2.51. The van der Waals surface area contributed by atoms with Crippen LogP contribution in [0.3, 0.4) is 0 Å². The van der Waals surface area contributed by atoms with Crippen LogP contribution in [0.25, 0.3) is 0 Å². The third-order valence-corrected chi connectivity index (χ3v) is 6.58. The van der Waals surface area contributed by atoms with Gasteiger partial charge in [-0.05, 0) is 38.0 Å². The average Bonchev–Trinajstić information content (AvgIpc) is 2.62. The Morgan fingerprint density at radius 1 is 1.16 bits per heavy atom. The molecule has 2 aliphatic rings. The van der Waals surface area contributed by atoms with E-state index in [-0.39, 0.29) is 29.3 Å². The van der Waals surface area contributed by atoms with Crippen molar-refractivity contribution < 1.29 is 13.2 Å². The third-order valence-electron chi connectivity index (χ3n) is 4.69. The fraction of sp³-hybridized carbons (Fsp3) is 0.588. The summed E-state index contributed by atoms with van der Waals surface area (Å²) >= 11 is 0. The highest BCUT2D eigenvalue weighted by Crippen LogP contribution is 2.22. The van der Waals surface area contributed by atoms with Gasteiger partial charge in [-0.3, -0.25) is 4.79 Å². The Hall–Kier alpha value is -1.15. The summed E-state index contributed by atoms with van der Waals surface area (Å²) in [5.74, 6) is -0.0981. The molecule has 0 spiro atoms. The SMILES string of the molecule is CC1CN(C(=O)c2cccc(S(=O)(=O)N3CCCCC3)c2)CCN1.Cl. The van der Waals surface area contributed by atoms with Gasteiger partial charge in [0.15, 0.2) is 0 Å². The number of hydrogen-bond donors (Lipinski definition) is 1. The lowest BCUT2D eigenvalue weighted by Gasteiger charge is -2.32. The van der Waals surface area contributed by atoms with Crippen molar-refractivity contribution in [1.82, 2.24) is 14.5 Å². The lowest BCUT2D eigenvalue weighted by molar-refractivity contribution is 0.0709. The van der Waals surface area contributed by atoms with Crippen molar-refractivity contribution in [3.05, 3.63) is 29.8 Å². The fourth-order valence-corrected chi connectivity index (χ4v) is 4.91. The molecule has 1 aromatic carbocycles. The molecule has 8 heteroatoms. The van der Waals surface area contributed by atoms with Crippen molar-refractivity contribution >= 4 is 28.3 Å². The molecule has 140 valence electrons. The first-order chi connectivity index (χ1) is 11.5. The summed E-state index contributed by atoms with van der Waals surface area (Å²) in [7, 11) is -3.51. The van der Waals surface area contributed by atoms with Gasteiger partial charge < -0.3 is 10.2 Å². The Kier molecular flexibility index (Phi) is 6.85. The first-order valence-electron chi connectivity index (χ1n) is 8.61. The highest BCUT2D eigenvalue weighted by atomic mass is 35.5. The van der Waals surface area contributed by atoms with Gasteiger partial charge >= 0.3 is 0 Å². The topological polar surface area (TPSA) is 69.7 Å². The van der Waals surface area contributed by atoms with Crippen LogP contribution in [-0.2, 0) is 10.0 Å². The number of benzene rings is 1. The minimum atomic E-state index is -3.51. The van der Waals surface area contributed by atoms with Gasteiger partial charge in [-0.1, -0.05) is 12.5 Å². The van der Waals surface area contributed by atoms with Crippen LogP contribution in [0, 0.1) is 0 Å². The lowest BCUT2D eigenvalue weighted by atomic mass is 10.1. The maximum Gasteiger partial charge on any atom is 0.253 e. The molecule has 1 N–H and O–H groups in total. The summed E-state index contributed by atoms with van der Waals surface area (Å²) in [5.41, 5.74) is 0.446. The van der Waals surface area contributed by atoms with Crippen molar-refractivity contribution in [1.29, 1.82) is 0 Å². The second-order valence-corrected chi connectivity index (χ2v) is 8.54. The maximum atomic E-state index is 12.8. The third kappa shape index (κ3) is 4.53. The molecule has 1 atom stereocenters. The van der Waals surface area contributed by atoms with Crippen LogP contribution in [0.2, 0.25) is 0 Å². The number of sulfonamides is 1. The summed E-state index contributed by atoms with van der Waals surface area (Å²) in [6.45, 7) is 5.22. The van der Waals surface area contributed by atoms with Crippen LogP contribution >= 0.6 is 12.4 Å². The van der Waals surface area contributed by atoms with Crippen LogP contribution in [0.4, 0.5) is 0 Å². The van der Waals surface area contributed by atoms with Gasteiger partial charge in [0.05, 0.1) is 4.90 Å². The average molecular weight is 388 g/mol. The normalized spacial score (nSPS) is 22.3. The molecule has 2 aliphatic heterocycles. The van der Waals surface area contributed by atoms with Crippen molar-refractivity contribution in [2.75, 3.05) is 32.7 Å². The molecule has 0 radical (unpaired) electrons. The van der Waals surface area contributed by atoms with Gasteiger partial charge in [-0.25, -0.2) is 8.42 Å². The van der Waals surface area contributed by atoms with Crippen molar-refractivity contribution in [3.63, 3.8) is 0 Å². The minimum Gasteiger partial charge on any atom is -0.336 e. The highest BCUT2D eigenvalue weighted by Gasteiger charge is 2.27. The Balaban J connectivity index is 0.00000225. The van der Waals surface area contributed by atoms with Gasteiger partial charge in [0, 0.05) is 44.3 Å². The molecule has 3 rings (SSSR count). The Bertz CT molecular complexity index is 705. The van der Waals surface area contributed by atoms with Crippen LogP contribution in [0.15, 0.2) is 29.2 Å². The molecule has 1 unspecified atom stereocenters. The van der Waals surface area contributed by atoms with E-state index < -0.39 is 10.0 Å². The maximum absolute atomic E-state index is 12.8. The second kappa shape index (κ2) is 8.49. The predicted octanol–water partition coefficient (Wildman–Crippen LogP) is 1.72. The molecular formula is C17H26ClN3O3S. The van der Waals surface area contributed by atoms with Gasteiger partial charge in [-0.15, -0.1) is 12.4 Å². The van der Waals surface area contributed by atoms with Crippen LogP contribution in [0.1, 0.15) is 36.5 Å². The first kappa shape index (κ1) is 20.2. The number of nitrogens with one attached hydrogen (secondary N) is 1. The zero-order valence-electron chi connectivity index (χ0n) is 14.5. The molecule has 2 fully saturated rings. The molecule has 25 heavy (non-hydrogen) atoms. The van der Waals surface area contributed by atoms with Gasteiger partial charge in [0.2, 0.25) is 10.0 Å². The molecule has 0 aromatic heterocycles. The molecule has 2 saturated heterocycles. The monoisotopic (exact) mass is 387 g/mol. The predicted molar refractivity (Wildman–Crippen MR) is 99.7 cm³/mol. The van der Waals surface area contributed by atoms with Crippen LogP contribution in [-0.4, -0.2) is 62.3 Å². The van der Waals surface area contributed by atoms with E-state index in [0.717, 1.165) is 25.8 Å². The Morgan fingerprint density at radius 3 is 2.56 bits per heavy atom. The second-order valence-electron chi connectivity index (χ2n) is 6.60. The summed E-state index contributed by atoms with van der Waals surface area (Å²) in [4.78, 5) is 14.7. The van der Waals surface area contributed by atoms with E-state index in [1.165, 1.54) is 10.4 Å². The van der Waals surface area contributed by atoms with Gasteiger partial charge in [-0.2, -0.15) is 4.31 Å². The van der Waals surface area contributed by atoms with Gasteiger partial charge in [0.1, 0.15) is 0 Å². The summed E-state index contributed by atoms with van der Waals surface area (Å²) in [6, 6.07) is 6.72.